The molecule has 7 heteroatoms. The van der Waals surface area contributed by atoms with Gasteiger partial charge in [-0.25, -0.2) is 0 Å². The van der Waals surface area contributed by atoms with E-state index in [9.17, 15) is 18.0 Å². The first-order chi connectivity index (χ1) is 9.94. The summed E-state index contributed by atoms with van der Waals surface area (Å²) in [7, 11) is 0. The van der Waals surface area contributed by atoms with Gasteiger partial charge in [-0.2, -0.15) is 13.2 Å². The highest BCUT2D eigenvalue weighted by molar-refractivity contribution is 5.82. The summed E-state index contributed by atoms with van der Waals surface area (Å²) in [5.74, 6) is -0.439. The van der Waals surface area contributed by atoms with E-state index in [0.29, 0.717) is 32.6 Å². The van der Waals surface area contributed by atoms with E-state index in [2.05, 4.69) is 5.32 Å². The van der Waals surface area contributed by atoms with Crippen molar-refractivity contribution in [2.45, 2.75) is 51.2 Å². The van der Waals surface area contributed by atoms with Gasteiger partial charge in [-0.15, -0.1) is 0 Å². The zero-order chi connectivity index (χ0) is 15.7. The molecule has 1 aliphatic rings. The second-order valence-corrected chi connectivity index (χ2v) is 5.28. The molecule has 1 unspecified atom stereocenters. The number of alkyl halides is 3. The van der Waals surface area contributed by atoms with Gasteiger partial charge in [0.15, 0.2) is 0 Å². The summed E-state index contributed by atoms with van der Waals surface area (Å²) < 4.78 is 43.1. The van der Waals surface area contributed by atoms with E-state index < -0.39 is 24.7 Å². The molecular formula is C14H25F3N2O2. The number of nitrogens with one attached hydrogen (secondary N) is 1. The van der Waals surface area contributed by atoms with Crippen molar-refractivity contribution in [2.75, 3.05) is 32.8 Å². The molecule has 0 aromatic carbocycles. The maximum absolute atomic E-state index is 12.6. The third-order valence-electron chi connectivity index (χ3n) is 3.46. The van der Waals surface area contributed by atoms with Crippen LogP contribution in [0.25, 0.3) is 0 Å². The van der Waals surface area contributed by atoms with E-state index in [1.807, 2.05) is 6.92 Å². The summed E-state index contributed by atoms with van der Waals surface area (Å²) in [5.41, 5.74) is 0. The maximum Gasteiger partial charge on any atom is 0.406 e. The highest BCUT2D eigenvalue weighted by Crippen LogP contribution is 2.19. The number of rotatable bonds is 7. The van der Waals surface area contributed by atoms with Crippen LogP contribution in [0.15, 0.2) is 0 Å². The molecule has 4 nitrogen and oxygen atoms in total. The number of hydrogen-bond acceptors (Lipinski definition) is 3. The Morgan fingerprint density at radius 3 is 2.76 bits per heavy atom. The molecule has 124 valence electrons. The van der Waals surface area contributed by atoms with Crippen LogP contribution in [-0.2, 0) is 9.53 Å². The van der Waals surface area contributed by atoms with E-state index in [4.69, 9.17) is 4.74 Å². The molecule has 0 aromatic rings. The van der Waals surface area contributed by atoms with Gasteiger partial charge in [0, 0.05) is 19.8 Å². The Labute approximate surface area is 124 Å². The number of carbonyl (C=O) groups is 1. The quantitative estimate of drug-likeness (QED) is 0.734. The molecule has 0 saturated carbocycles. The monoisotopic (exact) mass is 310 g/mol. The van der Waals surface area contributed by atoms with Crippen molar-refractivity contribution in [1.29, 1.82) is 0 Å². The van der Waals surface area contributed by atoms with E-state index in [0.717, 1.165) is 24.2 Å². The third-order valence-corrected chi connectivity index (χ3v) is 3.46. The predicted octanol–water partition coefficient (Wildman–Crippen LogP) is 2.34. The van der Waals surface area contributed by atoms with Gasteiger partial charge >= 0.3 is 6.18 Å². The molecule has 0 bridgehead atoms. The normalized spacial score (nSPS) is 20.1. The zero-order valence-electron chi connectivity index (χ0n) is 12.5. The van der Waals surface area contributed by atoms with Crippen LogP contribution in [-0.4, -0.2) is 55.9 Å². The lowest BCUT2D eigenvalue weighted by atomic mass is 10.1. The molecule has 0 aromatic heterocycles. The smallest absolute Gasteiger partial charge is 0.382 e. The predicted molar refractivity (Wildman–Crippen MR) is 74.0 cm³/mol. The highest BCUT2D eigenvalue weighted by Gasteiger charge is 2.35. The Morgan fingerprint density at radius 1 is 1.33 bits per heavy atom. The first-order valence-electron chi connectivity index (χ1n) is 7.60. The summed E-state index contributed by atoms with van der Waals surface area (Å²) in [6.07, 6.45) is -0.483. The van der Waals surface area contributed by atoms with Crippen molar-refractivity contribution in [1.82, 2.24) is 10.2 Å². The van der Waals surface area contributed by atoms with E-state index in [-0.39, 0.29) is 6.54 Å². The molecule has 0 spiro atoms. The number of nitrogens with zero attached hydrogens (tertiary/aromatic N) is 1. The number of amides is 1. The van der Waals surface area contributed by atoms with E-state index in [1.165, 1.54) is 0 Å². The lowest BCUT2D eigenvalue weighted by molar-refractivity contribution is -0.163. The van der Waals surface area contributed by atoms with Crippen LogP contribution in [0.3, 0.4) is 0 Å². The standard InChI is InChI=1S/C14H25F3N2O2/c1-2-21-10-6-9-19(11-14(15,16)17)13(20)12-7-4-3-5-8-18-12/h12,18H,2-11H2,1H3. The Kier molecular flexibility index (Phi) is 8.03. The van der Waals surface area contributed by atoms with Gasteiger partial charge in [0.1, 0.15) is 6.54 Å². The topological polar surface area (TPSA) is 41.6 Å². The van der Waals surface area contributed by atoms with Crippen molar-refractivity contribution >= 4 is 5.91 Å². The Hall–Kier alpha value is -0.820. The van der Waals surface area contributed by atoms with Crippen LogP contribution in [0.2, 0.25) is 0 Å². The van der Waals surface area contributed by atoms with Gasteiger partial charge in [-0.05, 0) is 32.7 Å². The van der Waals surface area contributed by atoms with Crippen LogP contribution >= 0.6 is 0 Å². The van der Waals surface area contributed by atoms with Crippen molar-refractivity contribution in [3.63, 3.8) is 0 Å². The molecule has 0 radical (unpaired) electrons. The first-order valence-corrected chi connectivity index (χ1v) is 7.60. The largest absolute Gasteiger partial charge is 0.406 e. The maximum atomic E-state index is 12.6. The van der Waals surface area contributed by atoms with Crippen LogP contribution in [0.5, 0.6) is 0 Å². The lowest BCUT2D eigenvalue weighted by Gasteiger charge is -2.28. The number of hydrogen-bond donors (Lipinski definition) is 1. The van der Waals surface area contributed by atoms with Gasteiger partial charge in [-0.1, -0.05) is 12.8 Å². The molecule has 1 rings (SSSR count). The highest BCUT2D eigenvalue weighted by atomic mass is 19.4. The second kappa shape index (κ2) is 9.25. The van der Waals surface area contributed by atoms with Crippen molar-refractivity contribution in [2.24, 2.45) is 0 Å². The molecule has 21 heavy (non-hydrogen) atoms. The minimum Gasteiger partial charge on any atom is -0.382 e. The van der Waals surface area contributed by atoms with Crippen LogP contribution in [0, 0.1) is 0 Å². The fourth-order valence-electron chi connectivity index (χ4n) is 2.45. The SMILES string of the molecule is CCOCCCN(CC(F)(F)F)C(=O)C1CCCCCN1. The molecule has 1 aliphatic heterocycles. The average molecular weight is 310 g/mol. The lowest BCUT2D eigenvalue weighted by Crippen LogP contribution is -2.49. The minimum atomic E-state index is -4.37. The van der Waals surface area contributed by atoms with Crippen molar-refractivity contribution in [3.8, 4) is 0 Å². The number of carbonyl (C=O) groups excluding carboxylic acids is 1. The van der Waals surface area contributed by atoms with Crippen LogP contribution in [0.4, 0.5) is 13.2 Å². The fraction of sp³-hybridized carbons (Fsp3) is 0.929. The molecule has 0 aliphatic carbocycles. The number of ether oxygens (including phenoxy) is 1. The molecule has 1 atom stereocenters. The van der Waals surface area contributed by atoms with Crippen LogP contribution in [0.1, 0.15) is 39.0 Å². The van der Waals surface area contributed by atoms with Crippen molar-refractivity contribution < 1.29 is 22.7 Å². The molecule has 1 heterocycles. The van der Waals surface area contributed by atoms with Gasteiger partial charge in [-0.3, -0.25) is 4.79 Å². The molecule has 1 amide bonds. The summed E-state index contributed by atoms with van der Waals surface area (Å²) in [4.78, 5) is 13.2. The fourth-order valence-corrected chi connectivity index (χ4v) is 2.45. The number of halogens is 3. The molecule has 1 fully saturated rings. The first kappa shape index (κ1) is 18.2. The molecule has 1 N–H and O–H groups in total. The molecule has 1 saturated heterocycles. The van der Waals surface area contributed by atoms with Gasteiger partial charge in [0.25, 0.3) is 0 Å². The zero-order valence-corrected chi connectivity index (χ0v) is 12.5. The van der Waals surface area contributed by atoms with Gasteiger partial charge in [0.05, 0.1) is 6.04 Å². The summed E-state index contributed by atoms with van der Waals surface area (Å²) in [5, 5.41) is 3.06. The Bertz CT molecular complexity index is 303. The summed E-state index contributed by atoms with van der Waals surface area (Å²) >= 11 is 0. The van der Waals surface area contributed by atoms with E-state index in [1.54, 1.807) is 0 Å². The second-order valence-electron chi connectivity index (χ2n) is 5.28. The minimum absolute atomic E-state index is 0.0799. The summed E-state index contributed by atoms with van der Waals surface area (Å²) in [6.45, 7) is 2.31. The Balaban J connectivity index is 2.57. The Morgan fingerprint density at radius 2 is 2.10 bits per heavy atom. The van der Waals surface area contributed by atoms with Crippen LogP contribution < -0.4 is 5.32 Å². The third kappa shape index (κ3) is 7.66. The van der Waals surface area contributed by atoms with E-state index >= 15 is 0 Å². The van der Waals surface area contributed by atoms with Crippen molar-refractivity contribution in [3.05, 3.63) is 0 Å². The summed E-state index contributed by atoms with van der Waals surface area (Å²) in [6, 6.07) is -0.484. The van der Waals surface area contributed by atoms with Gasteiger partial charge in [0.2, 0.25) is 5.91 Å². The van der Waals surface area contributed by atoms with Gasteiger partial charge < -0.3 is 15.0 Å². The average Bonchev–Trinajstić information content (AvgIpc) is 2.69. The molecular weight excluding hydrogens is 285 g/mol.